The van der Waals surface area contributed by atoms with E-state index in [1.807, 2.05) is 4.90 Å². The molecule has 1 aliphatic rings. The quantitative estimate of drug-likeness (QED) is 0.788. The zero-order valence-corrected chi connectivity index (χ0v) is 11.3. The number of halogens is 1. The first-order valence-corrected chi connectivity index (χ1v) is 6.48. The predicted octanol–water partition coefficient (Wildman–Crippen LogP) is 1.70. The fourth-order valence-electron chi connectivity index (χ4n) is 2.11. The lowest BCUT2D eigenvalue weighted by Crippen LogP contribution is -2.34. The average Bonchev–Trinajstić information content (AvgIpc) is 2.57. The van der Waals surface area contributed by atoms with Crippen LogP contribution >= 0.6 is 11.6 Å². The van der Waals surface area contributed by atoms with E-state index in [1.165, 1.54) is 0 Å². The lowest BCUT2D eigenvalue weighted by Gasteiger charge is -2.20. The third-order valence-electron chi connectivity index (χ3n) is 3.25. The summed E-state index contributed by atoms with van der Waals surface area (Å²) in [7, 11) is 2.08. The molecule has 0 spiro atoms. The molecule has 5 heteroatoms. The number of benzene rings is 1. The van der Waals surface area contributed by atoms with E-state index in [0.717, 1.165) is 32.6 Å². The van der Waals surface area contributed by atoms with E-state index in [9.17, 15) is 4.79 Å². The largest absolute Gasteiger partial charge is 0.398 e. The van der Waals surface area contributed by atoms with Crippen molar-refractivity contribution in [1.82, 2.24) is 9.80 Å². The van der Waals surface area contributed by atoms with Crippen LogP contribution in [0, 0.1) is 0 Å². The van der Waals surface area contributed by atoms with Crippen molar-refractivity contribution < 1.29 is 4.79 Å². The fraction of sp³-hybridized carbons (Fsp3) is 0.462. The molecule has 0 aromatic heterocycles. The van der Waals surface area contributed by atoms with Gasteiger partial charge in [0.15, 0.2) is 0 Å². The monoisotopic (exact) mass is 267 g/mol. The van der Waals surface area contributed by atoms with Crippen LogP contribution in [0.1, 0.15) is 16.8 Å². The molecule has 1 aromatic rings. The summed E-state index contributed by atoms with van der Waals surface area (Å²) in [4.78, 5) is 16.5. The van der Waals surface area contributed by atoms with Crippen LogP contribution in [0.3, 0.4) is 0 Å². The molecule has 4 nitrogen and oxygen atoms in total. The van der Waals surface area contributed by atoms with Crippen LogP contribution in [-0.2, 0) is 0 Å². The summed E-state index contributed by atoms with van der Waals surface area (Å²) in [6, 6.07) is 5.06. The first-order valence-electron chi connectivity index (χ1n) is 6.11. The summed E-state index contributed by atoms with van der Waals surface area (Å²) < 4.78 is 0. The number of hydrogen-bond donors (Lipinski definition) is 1. The van der Waals surface area contributed by atoms with Crippen LogP contribution in [0.25, 0.3) is 0 Å². The lowest BCUT2D eigenvalue weighted by atomic mass is 10.1. The Bertz CT molecular complexity index is 450. The Hall–Kier alpha value is -1.26. The fourth-order valence-corrected chi connectivity index (χ4v) is 2.23. The normalized spacial score (nSPS) is 17.6. The molecule has 0 radical (unpaired) electrons. The van der Waals surface area contributed by atoms with Crippen LogP contribution in [-0.4, -0.2) is 48.9 Å². The van der Waals surface area contributed by atoms with E-state index in [1.54, 1.807) is 18.2 Å². The lowest BCUT2D eigenvalue weighted by molar-refractivity contribution is 0.0763. The molecule has 1 saturated heterocycles. The van der Waals surface area contributed by atoms with E-state index in [0.29, 0.717) is 16.3 Å². The van der Waals surface area contributed by atoms with Gasteiger partial charge in [-0.3, -0.25) is 4.79 Å². The first kappa shape index (κ1) is 13.2. The Kier molecular flexibility index (Phi) is 4.09. The molecule has 2 N–H and O–H groups in total. The number of carbonyl (C=O) groups is 1. The van der Waals surface area contributed by atoms with Gasteiger partial charge >= 0.3 is 0 Å². The number of anilines is 1. The summed E-state index contributed by atoms with van der Waals surface area (Å²) in [6.07, 6.45) is 1.01. The van der Waals surface area contributed by atoms with Crippen molar-refractivity contribution >= 4 is 23.2 Å². The number of nitrogen functional groups attached to an aromatic ring is 1. The smallest absolute Gasteiger partial charge is 0.253 e. The van der Waals surface area contributed by atoms with Gasteiger partial charge in [-0.1, -0.05) is 11.6 Å². The molecule has 1 amide bonds. The van der Waals surface area contributed by atoms with E-state index >= 15 is 0 Å². The standard InChI is InChI=1S/C13H18ClN3O/c1-16-5-2-6-17(8-7-16)13(18)10-3-4-11(14)12(15)9-10/h3-4,9H,2,5-8,15H2,1H3. The molecule has 0 bridgehead atoms. The van der Waals surface area contributed by atoms with Gasteiger partial charge in [0.25, 0.3) is 5.91 Å². The maximum Gasteiger partial charge on any atom is 0.253 e. The number of hydrogen-bond acceptors (Lipinski definition) is 3. The van der Waals surface area contributed by atoms with Crippen LogP contribution in [0.15, 0.2) is 18.2 Å². The number of nitrogens with two attached hydrogens (primary N) is 1. The maximum atomic E-state index is 12.3. The van der Waals surface area contributed by atoms with Crippen LogP contribution < -0.4 is 5.73 Å². The highest BCUT2D eigenvalue weighted by atomic mass is 35.5. The van der Waals surface area contributed by atoms with Crippen LogP contribution in [0.4, 0.5) is 5.69 Å². The zero-order valence-electron chi connectivity index (χ0n) is 10.5. The molecule has 0 saturated carbocycles. The van der Waals surface area contributed by atoms with Gasteiger partial charge in [-0.2, -0.15) is 0 Å². The van der Waals surface area contributed by atoms with Crippen molar-refractivity contribution in [2.45, 2.75) is 6.42 Å². The van der Waals surface area contributed by atoms with Gasteiger partial charge in [-0.25, -0.2) is 0 Å². The van der Waals surface area contributed by atoms with Gasteiger partial charge < -0.3 is 15.5 Å². The van der Waals surface area contributed by atoms with Gasteiger partial charge in [-0.05, 0) is 38.2 Å². The van der Waals surface area contributed by atoms with E-state index in [2.05, 4.69) is 11.9 Å². The minimum Gasteiger partial charge on any atom is -0.398 e. The second-order valence-corrected chi connectivity index (χ2v) is 5.09. The number of rotatable bonds is 1. The Morgan fingerprint density at radius 2 is 2.06 bits per heavy atom. The van der Waals surface area contributed by atoms with Crippen molar-refractivity contribution in [2.24, 2.45) is 0 Å². The first-order chi connectivity index (χ1) is 8.58. The topological polar surface area (TPSA) is 49.6 Å². The summed E-state index contributed by atoms with van der Waals surface area (Å²) in [5.74, 6) is 0.0358. The predicted molar refractivity (Wildman–Crippen MR) is 73.9 cm³/mol. The molecule has 98 valence electrons. The minimum absolute atomic E-state index is 0.0358. The summed E-state index contributed by atoms with van der Waals surface area (Å²) in [6.45, 7) is 3.50. The SMILES string of the molecule is CN1CCCN(C(=O)c2ccc(Cl)c(N)c2)CC1. The van der Waals surface area contributed by atoms with Gasteiger partial charge in [0.2, 0.25) is 0 Å². The Morgan fingerprint density at radius 1 is 1.28 bits per heavy atom. The second kappa shape index (κ2) is 5.59. The van der Waals surface area contributed by atoms with Gasteiger partial charge in [0.05, 0.1) is 10.7 Å². The van der Waals surface area contributed by atoms with E-state index in [-0.39, 0.29) is 5.91 Å². The van der Waals surface area contributed by atoms with Crippen molar-refractivity contribution in [1.29, 1.82) is 0 Å². The van der Waals surface area contributed by atoms with Crippen molar-refractivity contribution in [3.8, 4) is 0 Å². The van der Waals surface area contributed by atoms with Gasteiger partial charge in [-0.15, -0.1) is 0 Å². The summed E-state index contributed by atoms with van der Waals surface area (Å²) >= 11 is 5.86. The molecule has 1 aromatic carbocycles. The molecule has 0 atom stereocenters. The Balaban J connectivity index is 2.12. The second-order valence-electron chi connectivity index (χ2n) is 4.69. The third kappa shape index (κ3) is 2.94. The highest BCUT2D eigenvalue weighted by Gasteiger charge is 2.19. The summed E-state index contributed by atoms with van der Waals surface area (Å²) in [5, 5.41) is 0.488. The minimum atomic E-state index is 0.0358. The average molecular weight is 268 g/mol. The molecule has 0 aliphatic carbocycles. The number of nitrogens with zero attached hydrogens (tertiary/aromatic N) is 2. The molecule has 18 heavy (non-hydrogen) atoms. The molecule has 2 rings (SSSR count). The maximum absolute atomic E-state index is 12.3. The molecule has 1 fully saturated rings. The van der Waals surface area contributed by atoms with Crippen molar-refractivity contribution in [3.05, 3.63) is 28.8 Å². The van der Waals surface area contributed by atoms with Crippen LogP contribution in [0.2, 0.25) is 5.02 Å². The highest BCUT2D eigenvalue weighted by molar-refractivity contribution is 6.33. The molecule has 1 aliphatic heterocycles. The van der Waals surface area contributed by atoms with Gasteiger partial charge in [0.1, 0.15) is 0 Å². The summed E-state index contributed by atoms with van der Waals surface area (Å²) in [5.41, 5.74) is 6.80. The van der Waals surface area contributed by atoms with Crippen LogP contribution in [0.5, 0.6) is 0 Å². The molecular weight excluding hydrogens is 250 g/mol. The van der Waals surface area contributed by atoms with E-state index < -0.39 is 0 Å². The number of carbonyl (C=O) groups excluding carboxylic acids is 1. The van der Waals surface area contributed by atoms with Gasteiger partial charge in [0, 0.05) is 25.2 Å². The third-order valence-corrected chi connectivity index (χ3v) is 3.59. The van der Waals surface area contributed by atoms with Crippen molar-refractivity contribution in [3.63, 3.8) is 0 Å². The highest BCUT2D eigenvalue weighted by Crippen LogP contribution is 2.20. The van der Waals surface area contributed by atoms with E-state index in [4.69, 9.17) is 17.3 Å². The molecule has 0 unspecified atom stereocenters. The van der Waals surface area contributed by atoms with Crippen molar-refractivity contribution in [2.75, 3.05) is 39.0 Å². The molecule has 1 heterocycles. The number of likely N-dealkylation sites (N-methyl/N-ethyl adjacent to an activating group) is 1. The number of amides is 1. The Morgan fingerprint density at radius 3 is 2.78 bits per heavy atom. The zero-order chi connectivity index (χ0) is 13.1. The molecular formula is C13H18ClN3O. The Labute approximate surface area is 112 Å².